The lowest BCUT2D eigenvalue weighted by atomic mass is 10.4. The fourth-order valence-electron chi connectivity index (χ4n) is 0.214. The van der Waals surface area contributed by atoms with Gasteiger partial charge in [-0.25, -0.2) is 9.90 Å². The first-order chi connectivity index (χ1) is 3.27. The van der Waals surface area contributed by atoms with Crippen molar-refractivity contribution in [3.63, 3.8) is 0 Å². The minimum absolute atomic E-state index is 0.0243. The predicted octanol–water partition coefficient (Wildman–Crippen LogP) is 0.910. The molecule has 0 amide bonds. The van der Waals surface area contributed by atoms with Crippen LogP contribution in [0.4, 0.5) is 0 Å². The van der Waals surface area contributed by atoms with Gasteiger partial charge in [0.25, 0.3) is 0 Å². The van der Waals surface area contributed by atoms with E-state index in [4.69, 9.17) is 0 Å². The molecule has 0 atom stereocenters. The molecule has 0 unspecified atom stereocenters. The average Bonchev–Trinajstić information content (AvgIpc) is 1.61. The molecule has 0 aromatic heterocycles. The quantitative estimate of drug-likeness (QED) is 0.474. The van der Waals surface area contributed by atoms with Crippen LogP contribution in [-0.2, 0) is 9.90 Å². The van der Waals surface area contributed by atoms with E-state index in [2.05, 4.69) is 0 Å². The van der Waals surface area contributed by atoms with E-state index in [1.165, 1.54) is 6.08 Å². The first kappa shape index (κ1) is 6.21. The van der Waals surface area contributed by atoms with E-state index >= 15 is 0 Å². The van der Waals surface area contributed by atoms with Gasteiger partial charge in [0.05, 0.1) is 6.42 Å². The van der Waals surface area contributed by atoms with Crippen molar-refractivity contribution in [1.82, 2.24) is 0 Å². The fraction of sp³-hybridized carbons (Fsp3) is 0.400. The Morgan fingerprint density at radius 2 is 2.29 bits per heavy atom. The second-order valence-corrected chi connectivity index (χ2v) is 1.15. The summed E-state index contributed by atoms with van der Waals surface area (Å²) in [4.78, 5) is 9.60. The van der Waals surface area contributed by atoms with Crippen LogP contribution in [0, 0.1) is 0 Å². The van der Waals surface area contributed by atoms with Gasteiger partial charge < -0.3 is 0 Å². The first-order valence-electron chi connectivity index (χ1n) is 2.08. The van der Waals surface area contributed by atoms with Crippen molar-refractivity contribution in [2.45, 2.75) is 13.3 Å². The molecule has 0 spiro atoms. The summed E-state index contributed by atoms with van der Waals surface area (Å²) in [5.41, 5.74) is 0. The molecular formula is C5H7O2. The van der Waals surface area contributed by atoms with E-state index in [9.17, 15) is 9.90 Å². The van der Waals surface area contributed by atoms with E-state index in [1.54, 1.807) is 13.0 Å². The maximum atomic E-state index is 9.60. The summed E-state index contributed by atoms with van der Waals surface area (Å²) in [5.74, 6) is -1.03. The Morgan fingerprint density at radius 3 is 2.43 bits per heavy atom. The van der Waals surface area contributed by atoms with Crippen LogP contribution in [0.5, 0.6) is 0 Å². The molecule has 2 heteroatoms. The summed E-state index contributed by atoms with van der Waals surface area (Å²) in [6.07, 6.45) is 3.24. The fourth-order valence-corrected chi connectivity index (χ4v) is 0.214. The number of hydrogen-bond acceptors (Lipinski definition) is 1. The highest BCUT2D eigenvalue weighted by Gasteiger charge is 1.89. The van der Waals surface area contributed by atoms with Crippen molar-refractivity contribution in [1.29, 1.82) is 0 Å². The van der Waals surface area contributed by atoms with Gasteiger partial charge in [-0.2, -0.15) is 0 Å². The van der Waals surface area contributed by atoms with Crippen LogP contribution >= 0.6 is 0 Å². The Kier molecular flexibility index (Phi) is 3.02. The third-order valence-corrected chi connectivity index (χ3v) is 0.520. The average molecular weight is 99.1 g/mol. The van der Waals surface area contributed by atoms with Crippen LogP contribution in [0.25, 0.3) is 0 Å². The maximum Gasteiger partial charge on any atom is 0.359 e. The van der Waals surface area contributed by atoms with Gasteiger partial charge >= 0.3 is 5.97 Å². The minimum Gasteiger partial charge on any atom is -0.247 e. The molecule has 0 saturated carbocycles. The Balaban J connectivity index is 3.14. The summed E-state index contributed by atoms with van der Waals surface area (Å²) < 4.78 is 0. The summed E-state index contributed by atoms with van der Waals surface area (Å²) in [6.45, 7) is 1.77. The van der Waals surface area contributed by atoms with Crippen molar-refractivity contribution in [3.8, 4) is 0 Å². The highest BCUT2D eigenvalue weighted by atomic mass is 16.4. The lowest BCUT2D eigenvalue weighted by Gasteiger charge is -1.72. The van der Waals surface area contributed by atoms with Gasteiger partial charge in [0.2, 0.25) is 0 Å². The molecule has 2 nitrogen and oxygen atoms in total. The Labute approximate surface area is 42.5 Å². The van der Waals surface area contributed by atoms with Crippen LogP contribution in [0.15, 0.2) is 12.2 Å². The van der Waals surface area contributed by atoms with Gasteiger partial charge in [0.1, 0.15) is 0 Å². The van der Waals surface area contributed by atoms with Gasteiger partial charge in [0, 0.05) is 0 Å². The lowest BCUT2D eigenvalue weighted by molar-refractivity contribution is -0.142. The lowest BCUT2D eigenvalue weighted by Crippen LogP contribution is -1.86. The number of hydrogen-bond donors (Lipinski definition) is 0. The van der Waals surface area contributed by atoms with Gasteiger partial charge in [-0.15, -0.1) is 0 Å². The number of rotatable bonds is 2. The smallest absolute Gasteiger partial charge is 0.247 e. The number of allylic oxidation sites excluding steroid dienone is 1. The predicted molar refractivity (Wildman–Crippen MR) is 25.1 cm³/mol. The Morgan fingerprint density at radius 1 is 1.71 bits per heavy atom. The van der Waals surface area contributed by atoms with E-state index < -0.39 is 5.97 Å². The molecule has 0 aromatic carbocycles. The topological polar surface area (TPSA) is 37.0 Å². The van der Waals surface area contributed by atoms with Crippen LogP contribution in [0.3, 0.4) is 0 Å². The van der Waals surface area contributed by atoms with Crippen molar-refractivity contribution in [2.24, 2.45) is 0 Å². The standard InChI is InChI=1S/C5H7O2/c1-2-3-4-5(6)7/h2-3H,4H2,1H3/b3-2+. The first-order valence-corrected chi connectivity index (χ1v) is 2.08. The molecule has 39 valence electrons. The minimum atomic E-state index is -1.03. The second kappa shape index (κ2) is 3.40. The highest BCUT2D eigenvalue weighted by molar-refractivity contribution is 5.68. The summed E-state index contributed by atoms with van der Waals surface area (Å²) in [7, 11) is 0. The van der Waals surface area contributed by atoms with E-state index in [0.717, 1.165) is 0 Å². The zero-order valence-electron chi connectivity index (χ0n) is 4.18. The highest BCUT2D eigenvalue weighted by Crippen LogP contribution is 1.79. The van der Waals surface area contributed by atoms with E-state index in [-0.39, 0.29) is 6.42 Å². The van der Waals surface area contributed by atoms with Crippen LogP contribution < -0.4 is 0 Å². The molecule has 0 aliphatic heterocycles. The summed E-state index contributed by atoms with van der Waals surface area (Å²) in [6, 6.07) is 0. The molecule has 0 heterocycles. The van der Waals surface area contributed by atoms with E-state index in [1.807, 2.05) is 0 Å². The molecule has 0 aliphatic carbocycles. The molecule has 0 N–H and O–H groups in total. The molecule has 0 fully saturated rings. The summed E-state index contributed by atoms with van der Waals surface area (Å²) >= 11 is 0. The molecule has 0 saturated heterocycles. The van der Waals surface area contributed by atoms with Crippen LogP contribution in [-0.4, -0.2) is 5.97 Å². The molecule has 1 radical (unpaired) electrons. The van der Waals surface area contributed by atoms with E-state index in [0.29, 0.717) is 0 Å². The van der Waals surface area contributed by atoms with Crippen LogP contribution in [0.2, 0.25) is 0 Å². The summed E-state index contributed by atoms with van der Waals surface area (Å²) in [5, 5.41) is 9.60. The molecule has 0 aromatic rings. The van der Waals surface area contributed by atoms with Gasteiger partial charge in [-0.05, 0) is 6.92 Å². The Bertz CT molecular complexity index is 84.1. The van der Waals surface area contributed by atoms with Crippen LogP contribution in [0.1, 0.15) is 13.3 Å². The normalized spacial score (nSPS) is 9.86. The zero-order chi connectivity index (χ0) is 5.70. The molecule has 0 aliphatic rings. The monoisotopic (exact) mass is 99.0 g/mol. The van der Waals surface area contributed by atoms with Crippen molar-refractivity contribution < 1.29 is 9.90 Å². The molecule has 7 heavy (non-hydrogen) atoms. The molecular weight excluding hydrogens is 92.1 g/mol. The molecule has 0 bridgehead atoms. The van der Waals surface area contributed by atoms with Gasteiger partial charge in [0.15, 0.2) is 0 Å². The number of carbonyl (C=O) groups excluding carboxylic acids is 1. The maximum absolute atomic E-state index is 9.60. The Hall–Kier alpha value is -0.790. The second-order valence-electron chi connectivity index (χ2n) is 1.15. The zero-order valence-corrected chi connectivity index (χ0v) is 4.18. The van der Waals surface area contributed by atoms with Gasteiger partial charge in [-0.1, -0.05) is 12.2 Å². The van der Waals surface area contributed by atoms with Crippen molar-refractivity contribution in [3.05, 3.63) is 12.2 Å². The SMILES string of the molecule is C/C=C/CC([O])=O. The van der Waals surface area contributed by atoms with Crippen molar-refractivity contribution in [2.75, 3.05) is 0 Å². The largest absolute Gasteiger partial charge is 0.359 e. The third-order valence-electron chi connectivity index (χ3n) is 0.520. The number of carbonyl (C=O) groups is 1. The van der Waals surface area contributed by atoms with Crippen molar-refractivity contribution >= 4 is 5.97 Å². The third kappa shape index (κ3) is 5.21. The molecule has 0 rings (SSSR count). The van der Waals surface area contributed by atoms with Gasteiger partial charge in [-0.3, -0.25) is 0 Å².